The maximum absolute atomic E-state index is 9.99. The maximum atomic E-state index is 9.99. The average Bonchev–Trinajstić information content (AvgIpc) is 3.26. The summed E-state index contributed by atoms with van der Waals surface area (Å²) in [6, 6.07) is 34.8. The van der Waals surface area contributed by atoms with Gasteiger partial charge in [-0.05, 0) is 50.8 Å². The van der Waals surface area contributed by atoms with Crippen molar-refractivity contribution >= 4 is 0 Å². The monoisotopic (exact) mass is 786 g/mol. The van der Waals surface area contributed by atoms with Gasteiger partial charge in [0.15, 0.2) is 6.29 Å². The molecule has 1 aliphatic carbocycles. The van der Waals surface area contributed by atoms with Gasteiger partial charge in [-0.2, -0.15) is 0 Å². The average molecular weight is 787 g/mol. The molecule has 0 amide bonds. The first kappa shape index (κ1) is 41.5. The molecule has 18 heteroatoms. The molecule has 1 heterocycles. The number of hydrogen-bond donors (Lipinski definition) is 0. The summed E-state index contributed by atoms with van der Waals surface area (Å²) in [4.78, 5) is 12.3. The molecule has 0 bridgehead atoms. The molecule has 58 heavy (non-hydrogen) atoms. The van der Waals surface area contributed by atoms with Crippen molar-refractivity contribution in [2.45, 2.75) is 93.9 Å². The molecule has 1 saturated heterocycles. The van der Waals surface area contributed by atoms with Gasteiger partial charge in [0.05, 0.1) is 63.4 Å². The fourth-order valence-electron chi connectivity index (χ4n) is 7.13. The van der Waals surface area contributed by atoms with Crippen LogP contribution in [0.5, 0.6) is 0 Å². The lowest BCUT2D eigenvalue weighted by atomic mass is 9.83. The maximum Gasteiger partial charge on any atom is 0.169 e. The van der Waals surface area contributed by atoms with E-state index in [1.54, 1.807) is 0 Å². The van der Waals surface area contributed by atoms with E-state index in [2.05, 4.69) is 40.1 Å². The number of nitrogens with zero attached hydrogens (tertiary/aromatic N) is 12. The van der Waals surface area contributed by atoms with Crippen molar-refractivity contribution in [1.82, 2.24) is 0 Å². The number of rotatable bonds is 19. The second kappa shape index (κ2) is 22.0. The molecule has 298 valence electrons. The first-order chi connectivity index (χ1) is 28.6. The molecule has 0 spiro atoms. The van der Waals surface area contributed by atoms with E-state index in [-0.39, 0.29) is 39.4 Å². The Morgan fingerprint density at radius 3 is 1.34 bits per heavy atom. The summed E-state index contributed by atoms with van der Waals surface area (Å²) in [5.41, 5.74) is 42.2. The van der Waals surface area contributed by atoms with E-state index in [1.807, 2.05) is 121 Å². The molecule has 1 saturated carbocycles. The minimum Gasteiger partial charge on any atom is -0.370 e. The Bertz CT molecular complexity index is 2070. The standard InChI is InChI=1S/C40H42N12O6/c41-49-45-22-33-37(54-24-28-15-7-2-8-16-28)38(55-25-29-17-9-3-10-18-29)34(48-52-44)40(57-33)58-36-32(47-51-43)21-31(46-50-42)35(53-23-27-13-5-1-6-14-27)39(36)56-26-30-19-11-4-12-20-30/h1-20,31-40H,21-26H2/t31-,32-,33+,34+,35-,36+,37+,38+,39+,40+/m0/s1. The van der Waals surface area contributed by atoms with Crippen molar-refractivity contribution in [3.63, 3.8) is 0 Å². The van der Waals surface area contributed by atoms with Gasteiger partial charge in [0, 0.05) is 19.6 Å². The summed E-state index contributed by atoms with van der Waals surface area (Å²) in [5, 5.41) is 16.1. The van der Waals surface area contributed by atoms with Crippen LogP contribution >= 0.6 is 0 Å². The van der Waals surface area contributed by atoms with Gasteiger partial charge in [-0.3, -0.25) is 0 Å². The molecule has 18 nitrogen and oxygen atoms in total. The highest BCUT2D eigenvalue weighted by atomic mass is 16.7. The van der Waals surface area contributed by atoms with E-state index in [1.165, 1.54) is 0 Å². The van der Waals surface area contributed by atoms with Crippen LogP contribution in [0.3, 0.4) is 0 Å². The van der Waals surface area contributed by atoms with Gasteiger partial charge in [-0.25, -0.2) is 0 Å². The predicted molar refractivity (Wildman–Crippen MR) is 211 cm³/mol. The molecule has 0 aromatic heterocycles. The third-order valence-electron chi connectivity index (χ3n) is 9.85. The third-order valence-corrected chi connectivity index (χ3v) is 9.85. The Labute approximate surface area is 334 Å². The second-order valence-electron chi connectivity index (χ2n) is 13.6. The summed E-state index contributed by atoms with van der Waals surface area (Å²) in [6.45, 7) is 0.277. The summed E-state index contributed by atoms with van der Waals surface area (Å²) >= 11 is 0. The number of benzene rings is 4. The van der Waals surface area contributed by atoms with E-state index in [9.17, 15) is 22.1 Å². The lowest BCUT2D eigenvalue weighted by Gasteiger charge is -2.48. The Kier molecular flexibility index (Phi) is 15.7. The van der Waals surface area contributed by atoms with Crippen LogP contribution in [-0.2, 0) is 54.8 Å². The highest BCUT2D eigenvalue weighted by molar-refractivity contribution is 5.17. The highest BCUT2D eigenvalue weighted by Gasteiger charge is 2.52. The largest absolute Gasteiger partial charge is 0.370 e. The van der Waals surface area contributed by atoms with Crippen molar-refractivity contribution in [3.05, 3.63) is 185 Å². The lowest BCUT2D eigenvalue weighted by molar-refractivity contribution is -0.305. The molecular formula is C40H42N12O6. The molecule has 4 aromatic carbocycles. The van der Waals surface area contributed by atoms with E-state index in [4.69, 9.17) is 28.4 Å². The summed E-state index contributed by atoms with van der Waals surface area (Å²) in [5.74, 6) is 0. The van der Waals surface area contributed by atoms with Crippen molar-refractivity contribution in [2.24, 2.45) is 20.5 Å². The minimum absolute atomic E-state index is 0.0290. The van der Waals surface area contributed by atoms with Crippen LogP contribution in [-0.4, -0.2) is 67.6 Å². The van der Waals surface area contributed by atoms with E-state index >= 15 is 0 Å². The smallest absolute Gasteiger partial charge is 0.169 e. The normalized spacial score (nSPS) is 26.5. The molecule has 2 fully saturated rings. The first-order valence-electron chi connectivity index (χ1n) is 18.7. The van der Waals surface area contributed by atoms with Gasteiger partial charge in [0.2, 0.25) is 0 Å². The topological polar surface area (TPSA) is 250 Å². The van der Waals surface area contributed by atoms with Crippen molar-refractivity contribution in [1.29, 1.82) is 0 Å². The van der Waals surface area contributed by atoms with Crippen molar-refractivity contribution < 1.29 is 28.4 Å². The van der Waals surface area contributed by atoms with Crippen LogP contribution < -0.4 is 0 Å². The Morgan fingerprint density at radius 1 is 0.483 bits per heavy atom. The summed E-state index contributed by atoms with van der Waals surface area (Å²) in [7, 11) is 0. The van der Waals surface area contributed by atoms with Crippen LogP contribution in [0.15, 0.2) is 142 Å². The molecule has 1 aliphatic heterocycles. The lowest BCUT2D eigenvalue weighted by Crippen LogP contribution is -2.63. The summed E-state index contributed by atoms with van der Waals surface area (Å²) < 4.78 is 39.5. The molecule has 2 aliphatic rings. The molecule has 6 rings (SSSR count). The van der Waals surface area contributed by atoms with Gasteiger partial charge in [-0.1, -0.05) is 142 Å². The first-order valence-corrected chi connectivity index (χ1v) is 18.7. The molecule has 0 unspecified atom stereocenters. The van der Waals surface area contributed by atoms with Gasteiger partial charge in [-0.15, -0.1) is 0 Å². The zero-order chi connectivity index (χ0) is 40.4. The Morgan fingerprint density at radius 2 is 0.897 bits per heavy atom. The van der Waals surface area contributed by atoms with Gasteiger partial charge in [0.1, 0.15) is 24.4 Å². The third kappa shape index (κ3) is 11.3. The zero-order valence-electron chi connectivity index (χ0n) is 31.4. The minimum atomic E-state index is -1.37. The van der Waals surface area contributed by atoms with Crippen LogP contribution in [0.25, 0.3) is 41.8 Å². The Hall–Kier alpha value is -6.12. The van der Waals surface area contributed by atoms with Gasteiger partial charge >= 0.3 is 0 Å². The SMILES string of the molecule is [N-]=[N+]=NC[C@H]1O[C@H](O[C@H]2[C@H](OCc3ccccc3)[C@@H](OCc3ccccc3)[C@@H](N=[N+]=[N-])C[C@@H]2N=[N+]=[N-])[C@H](N=[N+]=[N-])[C@@H](OCc2ccccc2)[C@@H]1OCc1ccccc1. The van der Waals surface area contributed by atoms with Crippen LogP contribution in [0.2, 0.25) is 0 Å². The Balaban J connectivity index is 1.39. The molecule has 4 aromatic rings. The fourth-order valence-corrected chi connectivity index (χ4v) is 7.13. The van der Waals surface area contributed by atoms with Crippen LogP contribution in [0, 0.1) is 0 Å². The molecule has 0 radical (unpaired) electrons. The quantitative estimate of drug-likeness (QED) is 0.0508. The van der Waals surface area contributed by atoms with Crippen LogP contribution in [0.4, 0.5) is 0 Å². The van der Waals surface area contributed by atoms with Crippen LogP contribution in [0.1, 0.15) is 28.7 Å². The molecular weight excluding hydrogens is 745 g/mol. The van der Waals surface area contributed by atoms with Crippen molar-refractivity contribution in [3.8, 4) is 0 Å². The van der Waals surface area contributed by atoms with Gasteiger partial charge < -0.3 is 28.4 Å². The van der Waals surface area contributed by atoms with Gasteiger partial charge in [0.25, 0.3) is 0 Å². The number of azide groups is 4. The van der Waals surface area contributed by atoms with E-state index in [0.29, 0.717) is 0 Å². The molecule has 0 N–H and O–H groups in total. The van der Waals surface area contributed by atoms with Crippen molar-refractivity contribution in [2.75, 3.05) is 6.54 Å². The number of ether oxygens (including phenoxy) is 6. The molecule has 10 atom stereocenters. The second-order valence-corrected chi connectivity index (χ2v) is 13.6. The summed E-state index contributed by atoms with van der Waals surface area (Å²) in [6.07, 6.45) is -7.24. The van der Waals surface area contributed by atoms with E-state index in [0.717, 1.165) is 22.3 Å². The zero-order valence-corrected chi connectivity index (χ0v) is 31.4. The highest BCUT2D eigenvalue weighted by Crippen LogP contribution is 2.37. The fraction of sp³-hybridized carbons (Fsp3) is 0.400. The number of hydrogen-bond acceptors (Lipinski definition) is 10. The van der Waals surface area contributed by atoms with E-state index < -0.39 is 61.0 Å². The predicted octanol–water partition coefficient (Wildman–Crippen LogP) is 9.19.